The van der Waals surface area contributed by atoms with E-state index in [1.807, 2.05) is 6.92 Å². The molecule has 1 atom stereocenters. The first-order chi connectivity index (χ1) is 17.3. The van der Waals surface area contributed by atoms with Crippen molar-refractivity contribution in [2.75, 3.05) is 30.8 Å². The van der Waals surface area contributed by atoms with Crippen molar-refractivity contribution in [3.8, 4) is 5.75 Å². The Hall–Kier alpha value is -3.09. The van der Waals surface area contributed by atoms with Crippen molar-refractivity contribution in [3.63, 3.8) is 0 Å². The molecule has 2 rings (SSSR count). The molecule has 1 unspecified atom stereocenters. The smallest absolute Gasteiger partial charge is 0.271 e. The van der Waals surface area contributed by atoms with Crippen molar-refractivity contribution in [1.82, 2.24) is 10.2 Å². The molecule has 1 N–H and O–H groups in total. The number of benzene rings is 2. The monoisotopic (exact) mass is 574 g/mol. The fourth-order valence-corrected chi connectivity index (χ4v) is 4.71. The van der Waals surface area contributed by atoms with E-state index < -0.39 is 45.0 Å². The first-order valence-corrected chi connectivity index (χ1v) is 13.7. The second kappa shape index (κ2) is 12.9. The van der Waals surface area contributed by atoms with Crippen LogP contribution in [0.15, 0.2) is 36.4 Å². The SMILES string of the molecule is CCCNC(=O)C(C)N(Cc1ccc(Cl)cc1Cl)C(=O)CN(c1cc([N+](=O)[O-])ccc1OC)S(C)(=O)=O. The summed E-state index contributed by atoms with van der Waals surface area (Å²) in [5, 5.41) is 14.7. The maximum atomic E-state index is 13.6. The summed E-state index contributed by atoms with van der Waals surface area (Å²) in [4.78, 5) is 38.2. The van der Waals surface area contributed by atoms with Crippen LogP contribution in [0.2, 0.25) is 10.0 Å². The molecule has 0 aliphatic rings. The average Bonchev–Trinajstić information content (AvgIpc) is 2.83. The minimum atomic E-state index is -4.13. The van der Waals surface area contributed by atoms with E-state index in [1.54, 1.807) is 12.1 Å². The molecule has 11 nitrogen and oxygen atoms in total. The Morgan fingerprint density at radius 1 is 1.19 bits per heavy atom. The van der Waals surface area contributed by atoms with Gasteiger partial charge in [-0.2, -0.15) is 0 Å². The number of hydrogen-bond acceptors (Lipinski definition) is 7. The van der Waals surface area contributed by atoms with Gasteiger partial charge >= 0.3 is 0 Å². The van der Waals surface area contributed by atoms with Gasteiger partial charge in [0.2, 0.25) is 21.8 Å². The fourth-order valence-electron chi connectivity index (χ4n) is 3.39. The average molecular weight is 575 g/mol. The second-order valence-corrected chi connectivity index (χ2v) is 10.9. The summed E-state index contributed by atoms with van der Waals surface area (Å²) < 4.78 is 31.4. The quantitative estimate of drug-likeness (QED) is 0.301. The zero-order valence-electron chi connectivity index (χ0n) is 20.7. The minimum absolute atomic E-state index is 0.00450. The van der Waals surface area contributed by atoms with Crippen LogP contribution in [-0.4, -0.2) is 62.6 Å². The van der Waals surface area contributed by atoms with Crippen LogP contribution in [0.25, 0.3) is 0 Å². The predicted octanol–water partition coefficient (Wildman–Crippen LogP) is 3.62. The van der Waals surface area contributed by atoms with Crippen LogP contribution in [0.5, 0.6) is 5.75 Å². The molecule has 0 aliphatic carbocycles. The third-order valence-corrected chi connectivity index (χ3v) is 7.11. The van der Waals surface area contributed by atoms with Crippen LogP contribution in [0.3, 0.4) is 0 Å². The summed E-state index contributed by atoms with van der Waals surface area (Å²) in [6, 6.07) is 7.05. The number of anilines is 1. The van der Waals surface area contributed by atoms with Gasteiger partial charge in [0, 0.05) is 35.3 Å². The molecular weight excluding hydrogens is 547 g/mol. The number of amides is 2. The van der Waals surface area contributed by atoms with E-state index in [4.69, 9.17) is 27.9 Å². The first kappa shape index (κ1) is 30.1. The zero-order chi connectivity index (χ0) is 27.9. The lowest BCUT2D eigenvalue weighted by Crippen LogP contribution is -2.51. The van der Waals surface area contributed by atoms with E-state index in [2.05, 4.69) is 5.32 Å². The molecule has 37 heavy (non-hydrogen) atoms. The molecule has 2 amide bonds. The molecule has 2 aromatic rings. The number of carbonyl (C=O) groups excluding carboxylic acids is 2. The van der Waals surface area contributed by atoms with E-state index in [-0.39, 0.29) is 23.0 Å². The number of methoxy groups -OCH3 is 1. The number of hydrogen-bond donors (Lipinski definition) is 1. The summed E-state index contributed by atoms with van der Waals surface area (Å²) in [6.45, 7) is 2.88. The van der Waals surface area contributed by atoms with Gasteiger partial charge in [-0.1, -0.05) is 36.2 Å². The van der Waals surface area contributed by atoms with Crippen molar-refractivity contribution in [2.24, 2.45) is 0 Å². The number of nitrogens with one attached hydrogen (secondary N) is 1. The number of rotatable bonds is 12. The highest BCUT2D eigenvalue weighted by molar-refractivity contribution is 7.92. The third-order valence-electron chi connectivity index (χ3n) is 5.39. The predicted molar refractivity (Wildman–Crippen MR) is 142 cm³/mol. The highest BCUT2D eigenvalue weighted by atomic mass is 35.5. The van der Waals surface area contributed by atoms with Crippen molar-refractivity contribution in [2.45, 2.75) is 32.9 Å². The molecular formula is C23H28Cl2N4O7S. The number of nitro benzene ring substituents is 1. The topological polar surface area (TPSA) is 139 Å². The van der Waals surface area contributed by atoms with E-state index in [0.29, 0.717) is 27.9 Å². The largest absolute Gasteiger partial charge is 0.495 e. The van der Waals surface area contributed by atoms with Crippen molar-refractivity contribution < 1.29 is 27.7 Å². The maximum absolute atomic E-state index is 13.6. The number of non-ortho nitro benzene ring substituents is 1. The number of nitrogens with zero attached hydrogens (tertiary/aromatic N) is 3. The van der Waals surface area contributed by atoms with E-state index in [1.165, 1.54) is 31.1 Å². The van der Waals surface area contributed by atoms with Gasteiger partial charge in [0.25, 0.3) is 5.69 Å². The van der Waals surface area contributed by atoms with Crippen molar-refractivity contribution in [1.29, 1.82) is 0 Å². The van der Waals surface area contributed by atoms with Crippen molar-refractivity contribution in [3.05, 3.63) is 62.1 Å². The van der Waals surface area contributed by atoms with Crippen LogP contribution in [-0.2, 0) is 26.2 Å². The van der Waals surface area contributed by atoms with Crippen LogP contribution < -0.4 is 14.4 Å². The highest BCUT2D eigenvalue weighted by Gasteiger charge is 2.32. The van der Waals surface area contributed by atoms with Crippen LogP contribution in [0.4, 0.5) is 11.4 Å². The van der Waals surface area contributed by atoms with Gasteiger partial charge in [-0.05, 0) is 37.1 Å². The standard InChI is InChI=1S/C23H28Cl2N4O7S/c1-5-10-26-23(31)15(2)27(13-16-6-7-17(24)11-19(16)25)22(30)14-28(37(4,34)35)20-12-18(29(32)33)8-9-21(20)36-3/h6-9,11-12,15H,5,10,13-14H2,1-4H3,(H,26,31). The van der Waals surface area contributed by atoms with Gasteiger partial charge < -0.3 is 15.0 Å². The molecule has 0 aliphatic heterocycles. The van der Waals surface area contributed by atoms with Gasteiger partial charge in [0.15, 0.2) is 0 Å². The Morgan fingerprint density at radius 3 is 2.41 bits per heavy atom. The Bertz CT molecular complexity index is 1270. The molecule has 0 aromatic heterocycles. The number of carbonyl (C=O) groups is 2. The molecule has 0 fully saturated rings. The number of sulfonamides is 1. The number of halogens is 2. The van der Waals surface area contributed by atoms with Crippen LogP contribution >= 0.6 is 23.2 Å². The third kappa shape index (κ3) is 7.94. The lowest BCUT2D eigenvalue weighted by molar-refractivity contribution is -0.384. The summed E-state index contributed by atoms with van der Waals surface area (Å²) in [5.41, 5.74) is -0.109. The van der Waals surface area contributed by atoms with Crippen LogP contribution in [0, 0.1) is 10.1 Å². The maximum Gasteiger partial charge on any atom is 0.271 e. The number of ether oxygens (including phenoxy) is 1. The molecule has 0 bridgehead atoms. The zero-order valence-corrected chi connectivity index (χ0v) is 23.1. The van der Waals surface area contributed by atoms with E-state index in [0.717, 1.165) is 18.4 Å². The molecule has 0 saturated carbocycles. The van der Waals surface area contributed by atoms with Gasteiger partial charge in [-0.3, -0.25) is 24.0 Å². The van der Waals surface area contributed by atoms with Gasteiger partial charge in [0.05, 0.1) is 18.3 Å². The van der Waals surface area contributed by atoms with Gasteiger partial charge in [-0.25, -0.2) is 8.42 Å². The molecule has 0 radical (unpaired) electrons. The van der Waals surface area contributed by atoms with Gasteiger partial charge in [0.1, 0.15) is 24.0 Å². The normalized spacial score (nSPS) is 11.9. The Balaban J connectivity index is 2.53. The second-order valence-electron chi connectivity index (χ2n) is 8.11. The number of nitro groups is 1. The Kier molecular flexibility index (Phi) is 10.5. The van der Waals surface area contributed by atoms with E-state index in [9.17, 15) is 28.1 Å². The summed E-state index contributed by atoms with van der Waals surface area (Å²) in [7, 11) is -2.86. The van der Waals surface area contributed by atoms with Crippen LogP contribution in [0.1, 0.15) is 25.8 Å². The minimum Gasteiger partial charge on any atom is -0.495 e. The van der Waals surface area contributed by atoms with E-state index >= 15 is 0 Å². The molecule has 0 spiro atoms. The van der Waals surface area contributed by atoms with Crippen molar-refractivity contribution >= 4 is 56.4 Å². The molecule has 0 saturated heterocycles. The molecule has 2 aromatic carbocycles. The lowest BCUT2D eigenvalue weighted by atomic mass is 10.1. The first-order valence-electron chi connectivity index (χ1n) is 11.1. The fraction of sp³-hybridized carbons (Fsp3) is 0.391. The summed E-state index contributed by atoms with van der Waals surface area (Å²) in [5.74, 6) is -1.19. The Morgan fingerprint density at radius 2 is 1.86 bits per heavy atom. The Labute approximate surface area is 225 Å². The highest BCUT2D eigenvalue weighted by Crippen LogP contribution is 2.34. The summed E-state index contributed by atoms with van der Waals surface area (Å²) >= 11 is 12.3. The lowest BCUT2D eigenvalue weighted by Gasteiger charge is -2.32. The summed E-state index contributed by atoms with van der Waals surface area (Å²) in [6.07, 6.45) is 1.53. The van der Waals surface area contributed by atoms with Gasteiger partial charge in [-0.15, -0.1) is 0 Å². The molecule has 0 heterocycles. The molecule has 202 valence electrons. The molecule has 14 heteroatoms.